The van der Waals surface area contributed by atoms with Gasteiger partial charge in [0.05, 0.1) is 6.61 Å². The highest BCUT2D eigenvalue weighted by Crippen LogP contribution is 2.12. The highest BCUT2D eigenvalue weighted by molar-refractivity contribution is 5.95. The third kappa shape index (κ3) is 5.73. The van der Waals surface area contributed by atoms with E-state index < -0.39 is 0 Å². The first kappa shape index (κ1) is 16.0. The third-order valence-corrected chi connectivity index (χ3v) is 2.68. The average Bonchev–Trinajstić information content (AvgIpc) is 2.46. The summed E-state index contributed by atoms with van der Waals surface area (Å²) < 4.78 is 5.51. The van der Waals surface area contributed by atoms with Crippen LogP contribution in [0.2, 0.25) is 0 Å². The molecule has 5 nitrogen and oxygen atoms in total. The molecule has 0 radical (unpaired) electrons. The van der Waals surface area contributed by atoms with Gasteiger partial charge in [-0.3, -0.25) is 20.4 Å². The molecule has 2 amide bonds. The lowest BCUT2D eigenvalue weighted by atomic mass is 10.2. The molecule has 0 bridgehead atoms. The zero-order valence-corrected chi connectivity index (χ0v) is 12.1. The summed E-state index contributed by atoms with van der Waals surface area (Å²) in [6.45, 7) is 4.68. The Balaban J connectivity index is 2.42. The molecule has 0 heterocycles. The smallest absolute Gasteiger partial charge is 0.269 e. The first-order valence-corrected chi connectivity index (χ1v) is 6.99. The largest absolute Gasteiger partial charge is 0.494 e. The van der Waals surface area contributed by atoms with Crippen molar-refractivity contribution >= 4 is 11.8 Å². The molecular formula is C15H22N2O3. The number of hydrogen-bond acceptors (Lipinski definition) is 3. The van der Waals surface area contributed by atoms with Gasteiger partial charge in [0.25, 0.3) is 5.91 Å². The summed E-state index contributed by atoms with van der Waals surface area (Å²) in [5, 5.41) is 0. The van der Waals surface area contributed by atoms with Gasteiger partial charge in [-0.2, -0.15) is 0 Å². The molecule has 0 saturated heterocycles. The van der Waals surface area contributed by atoms with E-state index >= 15 is 0 Å². The predicted molar refractivity (Wildman–Crippen MR) is 77.4 cm³/mol. The fourth-order valence-electron chi connectivity index (χ4n) is 1.53. The van der Waals surface area contributed by atoms with Gasteiger partial charge in [0.1, 0.15) is 5.75 Å². The summed E-state index contributed by atoms with van der Waals surface area (Å²) in [6.07, 6.45) is 3.22. The van der Waals surface area contributed by atoms with Crippen LogP contribution in [0.25, 0.3) is 0 Å². The minimum atomic E-state index is -0.338. The Bertz CT molecular complexity index is 429. The number of carbonyl (C=O) groups is 2. The van der Waals surface area contributed by atoms with E-state index in [2.05, 4.69) is 17.8 Å². The van der Waals surface area contributed by atoms with Gasteiger partial charge in [0.15, 0.2) is 0 Å². The molecule has 5 heteroatoms. The summed E-state index contributed by atoms with van der Waals surface area (Å²) in [5.41, 5.74) is 5.22. The second-order valence-corrected chi connectivity index (χ2v) is 4.48. The minimum Gasteiger partial charge on any atom is -0.494 e. The van der Waals surface area contributed by atoms with Gasteiger partial charge < -0.3 is 4.74 Å². The second-order valence-electron chi connectivity index (χ2n) is 4.48. The van der Waals surface area contributed by atoms with Crippen molar-refractivity contribution in [2.45, 2.75) is 39.5 Å². The van der Waals surface area contributed by atoms with Crippen molar-refractivity contribution in [2.24, 2.45) is 0 Å². The van der Waals surface area contributed by atoms with E-state index in [9.17, 15) is 9.59 Å². The molecular weight excluding hydrogens is 256 g/mol. The van der Waals surface area contributed by atoms with Gasteiger partial charge in [-0.25, -0.2) is 0 Å². The van der Waals surface area contributed by atoms with Crippen LogP contribution < -0.4 is 15.6 Å². The number of benzene rings is 1. The first-order valence-electron chi connectivity index (χ1n) is 6.99. The Kier molecular flexibility index (Phi) is 7.17. The Labute approximate surface area is 119 Å². The van der Waals surface area contributed by atoms with Crippen LogP contribution in [0.4, 0.5) is 0 Å². The third-order valence-electron chi connectivity index (χ3n) is 2.68. The molecule has 0 fully saturated rings. The lowest BCUT2D eigenvalue weighted by Gasteiger charge is -2.08. The minimum absolute atomic E-state index is 0.194. The van der Waals surface area contributed by atoms with Gasteiger partial charge in [-0.15, -0.1) is 0 Å². The van der Waals surface area contributed by atoms with E-state index in [-0.39, 0.29) is 11.8 Å². The highest BCUT2D eigenvalue weighted by atomic mass is 16.5. The van der Waals surface area contributed by atoms with E-state index in [0.29, 0.717) is 18.6 Å². The Morgan fingerprint density at radius 1 is 1.05 bits per heavy atom. The summed E-state index contributed by atoms with van der Waals surface area (Å²) in [4.78, 5) is 23.0. The molecule has 0 aromatic heterocycles. The number of rotatable bonds is 7. The molecule has 0 spiro atoms. The van der Waals surface area contributed by atoms with Crippen molar-refractivity contribution in [1.82, 2.24) is 10.9 Å². The van der Waals surface area contributed by atoms with Crippen molar-refractivity contribution in [2.75, 3.05) is 6.61 Å². The van der Waals surface area contributed by atoms with Crippen molar-refractivity contribution < 1.29 is 14.3 Å². The number of nitrogens with one attached hydrogen (secondary N) is 2. The van der Waals surface area contributed by atoms with E-state index in [4.69, 9.17) is 4.74 Å². The van der Waals surface area contributed by atoms with E-state index in [1.165, 1.54) is 0 Å². The normalized spacial score (nSPS) is 9.90. The molecule has 1 aromatic carbocycles. The maximum Gasteiger partial charge on any atom is 0.269 e. The van der Waals surface area contributed by atoms with Crippen LogP contribution in [-0.2, 0) is 4.79 Å². The summed E-state index contributed by atoms with van der Waals surface area (Å²) in [5.74, 6) is 0.208. The first-order chi connectivity index (χ1) is 9.67. The average molecular weight is 278 g/mol. The molecule has 0 aliphatic heterocycles. The van der Waals surface area contributed by atoms with Crippen molar-refractivity contribution in [3.05, 3.63) is 29.8 Å². The van der Waals surface area contributed by atoms with Gasteiger partial charge >= 0.3 is 0 Å². The Hall–Kier alpha value is -2.04. The fraction of sp³-hybridized carbons (Fsp3) is 0.467. The molecule has 0 aliphatic rings. The van der Waals surface area contributed by atoms with Crippen LogP contribution >= 0.6 is 0 Å². The lowest BCUT2D eigenvalue weighted by molar-refractivity contribution is -0.121. The number of hydrazine groups is 1. The van der Waals surface area contributed by atoms with E-state index in [0.717, 1.165) is 25.0 Å². The van der Waals surface area contributed by atoms with Gasteiger partial charge in [0, 0.05) is 12.0 Å². The second kappa shape index (κ2) is 8.96. The Morgan fingerprint density at radius 3 is 2.35 bits per heavy atom. The molecule has 2 N–H and O–H groups in total. The molecule has 0 saturated carbocycles. The zero-order chi connectivity index (χ0) is 14.8. The van der Waals surface area contributed by atoms with Gasteiger partial charge in [0.2, 0.25) is 5.91 Å². The molecule has 0 aliphatic carbocycles. The standard InChI is InChI=1S/C15H22N2O3/c1-3-5-11-20-13-9-7-12(8-10-13)15(19)17-16-14(18)6-4-2/h7-10H,3-6,11H2,1-2H3,(H,16,18)(H,17,19). The van der Waals surface area contributed by atoms with Crippen LogP contribution in [-0.4, -0.2) is 18.4 Å². The molecule has 1 aromatic rings. The SMILES string of the molecule is CCCCOc1ccc(C(=O)NNC(=O)CCC)cc1. The molecule has 1 rings (SSSR count). The maximum atomic E-state index is 11.8. The topological polar surface area (TPSA) is 67.4 Å². The van der Waals surface area contributed by atoms with Gasteiger partial charge in [-0.1, -0.05) is 20.3 Å². The summed E-state index contributed by atoms with van der Waals surface area (Å²) >= 11 is 0. The monoisotopic (exact) mass is 278 g/mol. The predicted octanol–water partition coefficient (Wildman–Crippen LogP) is 2.43. The van der Waals surface area contributed by atoms with Crippen LogP contribution in [0.5, 0.6) is 5.75 Å². The van der Waals surface area contributed by atoms with Crippen molar-refractivity contribution in [3.63, 3.8) is 0 Å². The number of amides is 2. The van der Waals surface area contributed by atoms with Crippen LogP contribution in [0.3, 0.4) is 0 Å². The maximum absolute atomic E-state index is 11.8. The zero-order valence-electron chi connectivity index (χ0n) is 12.1. The number of carbonyl (C=O) groups excluding carboxylic acids is 2. The Morgan fingerprint density at radius 2 is 1.75 bits per heavy atom. The lowest BCUT2D eigenvalue weighted by Crippen LogP contribution is -2.41. The summed E-state index contributed by atoms with van der Waals surface area (Å²) in [7, 11) is 0. The quantitative estimate of drug-likeness (QED) is 0.594. The highest BCUT2D eigenvalue weighted by Gasteiger charge is 2.06. The molecule has 110 valence electrons. The van der Waals surface area contributed by atoms with Gasteiger partial charge in [-0.05, 0) is 37.1 Å². The van der Waals surface area contributed by atoms with Crippen molar-refractivity contribution in [1.29, 1.82) is 0 Å². The van der Waals surface area contributed by atoms with Crippen LogP contribution in [0.15, 0.2) is 24.3 Å². The number of unbranched alkanes of at least 4 members (excludes halogenated alkanes) is 1. The van der Waals surface area contributed by atoms with E-state index in [1.807, 2.05) is 6.92 Å². The van der Waals surface area contributed by atoms with Crippen LogP contribution in [0, 0.1) is 0 Å². The van der Waals surface area contributed by atoms with Crippen molar-refractivity contribution in [3.8, 4) is 5.75 Å². The molecule has 20 heavy (non-hydrogen) atoms. The number of hydrogen-bond donors (Lipinski definition) is 2. The summed E-state index contributed by atoms with van der Waals surface area (Å²) in [6, 6.07) is 6.84. The van der Waals surface area contributed by atoms with E-state index in [1.54, 1.807) is 24.3 Å². The number of ether oxygens (including phenoxy) is 1. The van der Waals surface area contributed by atoms with Crippen LogP contribution in [0.1, 0.15) is 49.9 Å². The molecule has 0 unspecified atom stereocenters. The fourth-order valence-corrected chi connectivity index (χ4v) is 1.53. The molecule has 0 atom stereocenters.